The van der Waals surface area contributed by atoms with Gasteiger partial charge in [0.2, 0.25) is 0 Å². The monoisotopic (exact) mass is 280 g/mol. The van der Waals surface area contributed by atoms with Gasteiger partial charge in [-0.25, -0.2) is 0 Å². The molecular weight excluding hydrogens is 256 g/mol. The van der Waals surface area contributed by atoms with Crippen LogP contribution in [0.3, 0.4) is 0 Å². The standard InChI is InChI=1S/C20H24O/c1-3-19(2)16-20(14-15-21-19,17-10-6-4-7-11-17)18-12-8-5-9-13-18/h4-13H,3,14-16H2,1-2H3. The minimum absolute atomic E-state index is 0.0378. The number of hydrogen-bond donors (Lipinski definition) is 0. The summed E-state index contributed by atoms with van der Waals surface area (Å²) < 4.78 is 6.11. The van der Waals surface area contributed by atoms with Gasteiger partial charge < -0.3 is 4.74 Å². The molecule has 1 aliphatic heterocycles. The molecule has 1 unspecified atom stereocenters. The Morgan fingerprint density at radius 1 is 0.905 bits per heavy atom. The van der Waals surface area contributed by atoms with Gasteiger partial charge >= 0.3 is 0 Å². The van der Waals surface area contributed by atoms with E-state index in [2.05, 4.69) is 74.5 Å². The predicted molar refractivity (Wildman–Crippen MR) is 87.5 cm³/mol. The first-order valence-corrected chi connectivity index (χ1v) is 7.94. The van der Waals surface area contributed by atoms with Crippen LogP contribution in [-0.2, 0) is 10.2 Å². The van der Waals surface area contributed by atoms with Crippen molar-refractivity contribution in [1.82, 2.24) is 0 Å². The lowest BCUT2D eigenvalue weighted by molar-refractivity contribution is -0.0890. The third-order valence-corrected chi connectivity index (χ3v) is 5.06. The van der Waals surface area contributed by atoms with E-state index >= 15 is 0 Å². The molecule has 2 aromatic rings. The summed E-state index contributed by atoms with van der Waals surface area (Å²) in [6, 6.07) is 21.9. The van der Waals surface area contributed by atoms with Crippen molar-refractivity contribution in [2.45, 2.75) is 44.1 Å². The Morgan fingerprint density at radius 3 is 1.90 bits per heavy atom. The van der Waals surface area contributed by atoms with E-state index in [1.54, 1.807) is 0 Å². The average molecular weight is 280 g/mol. The van der Waals surface area contributed by atoms with Gasteiger partial charge in [0.05, 0.1) is 5.60 Å². The molecule has 1 heteroatoms. The molecule has 0 aromatic heterocycles. The van der Waals surface area contributed by atoms with Crippen LogP contribution >= 0.6 is 0 Å². The minimum atomic E-state index is -0.0378. The number of hydrogen-bond acceptors (Lipinski definition) is 1. The second-order valence-electron chi connectivity index (χ2n) is 6.39. The Hall–Kier alpha value is -1.60. The Labute approximate surface area is 128 Å². The number of benzene rings is 2. The van der Waals surface area contributed by atoms with Crippen LogP contribution in [0.1, 0.15) is 44.2 Å². The van der Waals surface area contributed by atoms with Crippen LogP contribution in [0.15, 0.2) is 60.7 Å². The maximum atomic E-state index is 6.11. The molecule has 0 radical (unpaired) electrons. The zero-order chi connectivity index (χ0) is 14.8. The molecule has 110 valence electrons. The smallest absolute Gasteiger partial charge is 0.0663 e. The van der Waals surface area contributed by atoms with Crippen molar-refractivity contribution in [2.75, 3.05) is 6.61 Å². The molecule has 3 rings (SSSR count). The van der Waals surface area contributed by atoms with Gasteiger partial charge in [0.1, 0.15) is 0 Å². The highest BCUT2D eigenvalue weighted by molar-refractivity contribution is 5.40. The summed E-state index contributed by atoms with van der Waals surface area (Å²) in [5, 5.41) is 0. The molecule has 0 aliphatic carbocycles. The topological polar surface area (TPSA) is 9.23 Å². The Kier molecular flexibility index (Phi) is 3.86. The minimum Gasteiger partial charge on any atom is -0.375 e. The van der Waals surface area contributed by atoms with Gasteiger partial charge in [-0.3, -0.25) is 0 Å². The maximum Gasteiger partial charge on any atom is 0.0663 e. The predicted octanol–water partition coefficient (Wildman–Crippen LogP) is 4.95. The first-order chi connectivity index (χ1) is 10.2. The second-order valence-corrected chi connectivity index (χ2v) is 6.39. The summed E-state index contributed by atoms with van der Waals surface area (Å²) >= 11 is 0. The first kappa shape index (κ1) is 14.3. The Balaban J connectivity index is 2.12. The molecular formula is C20H24O. The Morgan fingerprint density at radius 2 is 1.43 bits per heavy atom. The molecule has 0 spiro atoms. The quantitative estimate of drug-likeness (QED) is 0.772. The number of rotatable bonds is 3. The first-order valence-electron chi connectivity index (χ1n) is 7.94. The lowest BCUT2D eigenvalue weighted by Gasteiger charge is -2.47. The fraction of sp³-hybridized carbons (Fsp3) is 0.400. The van der Waals surface area contributed by atoms with E-state index in [1.807, 2.05) is 0 Å². The normalized spacial score (nSPS) is 24.7. The summed E-state index contributed by atoms with van der Waals surface area (Å²) in [4.78, 5) is 0. The lowest BCUT2D eigenvalue weighted by Crippen LogP contribution is -2.46. The van der Waals surface area contributed by atoms with E-state index in [0.717, 1.165) is 25.9 Å². The molecule has 21 heavy (non-hydrogen) atoms. The molecule has 0 bridgehead atoms. The van der Waals surface area contributed by atoms with E-state index in [0.29, 0.717) is 0 Å². The van der Waals surface area contributed by atoms with Crippen LogP contribution < -0.4 is 0 Å². The van der Waals surface area contributed by atoms with Crippen LogP contribution in [0.2, 0.25) is 0 Å². The Bertz CT molecular complexity index is 536. The van der Waals surface area contributed by atoms with E-state index in [-0.39, 0.29) is 11.0 Å². The lowest BCUT2D eigenvalue weighted by atomic mass is 9.64. The highest BCUT2D eigenvalue weighted by Gasteiger charge is 2.44. The molecule has 0 saturated carbocycles. The van der Waals surface area contributed by atoms with Gasteiger partial charge in [-0.05, 0) is 37.3 Å². The second kappa shape index (κ2) is 5.65. The molecule has 1 saturated heterocycles. The van der Waals surface area contributed by atoms with E-state index in [1.165, 1.54) is 11.1 Å². The van der Waals surface area contributed by atoms with Crippen LogP contribution in [0.25, 0.3) is 0 Å². The largest absolute Gasteiger partial charge is 0.375 e. The fourth-order valence-corrected chi connectivity index (χ4v) is 3.65. The molecule has 1 aliphatic rings. The van der Waals surface area contributed by atoms with Crippen molar-refractivity contribution in [1.29, 1.82) is 0 Å². The van der Waals surface area contributed by atoms with Crippen LogP contribution in [0.5, 0.6) is 0 Å². The van der Waals surface area contributed by atoms with Gasteiger partial charge in [0, 0.05) is 12.0 Å². The van der Waals surface area contributed by atoms with Crippen LogP contribution in [-0.4, -0.2) is 12.2 Å². The molecule has 1 fully saturated rings. The van der Waals surface area contributed by atoms with Crippen molar-refractivity contribution < 1.29 is 4.74 Å². The molecule has 2 aromatic carbocycles. The van der Waals surface area contributed by atoms with Crippen molar-refractivity contribution in [3.05, 3.63) is 71.8 Å². The maximum absolute atomic E-state index is 6.11. The summed E-state index contributed by atoms with van der Waals surface area (Å²) in [5.41, 5.74) is 2.87. The van der Waals surface area contributed by atoms with E-state index < -0.39 is 0 Å². The summed E-state index contributed by atoms with van der Waals surface area (Å²) in [6.45, 7) is 5.31. The molecule has 0 N–H and O–H groups in total. The SMILES string of the molecule is CCC1(C)CC(c2ccccc2)(c2ccccc2)CCO1. The van der Waals surface area contributed by atoms with Gasteiger partial charge in [0.15, 0.2) is 0 Å². The zero-order valence-electron chi connectivity index (χ0n) is 13.0. The van der Waals surface area contributed by atoms with Crippen molar-refractivity contribution in [2.24, 2.45) is 0 Å². The van der Waals surface area contributed by atoms with Gasteiger partial charge in [-0.1, -0.05) is 67.6 Å². The van der Waals surface area contributed by atoms with Crippen molar-refractivity contribution in [3.63, 3.8) is 0 Å². The summed E-state index contributed by atoms with van der Waals surface area (Å²) in [7, 11) is 0. The molecule has 1 atom stereocenters. The number of ether oxygens (including phenoxy) is 1. The summed E-state index contributed by atoms with van der Waals surface area (Å²) in [6.07, 6.45) is 3.15. The molecule has 0 amide bonds. The van der Waals surface area contributed by atoms with Crippen LogP contribution in [0.4, 0.5) is 0 Å². The highest BCUT2D eigenvalue weighted by Crippen LogP contribution is 2.47. The third kappa shape index (κ3) is 2.63. The van der Waals surface area contributed by atoms with Gasteiger partial charge in [-0.15, -0.1) is 0 Å². The van der Waals surface area contributed by atoms with Gasteiger partial charge in [-0.2, -0.15) is 0 Å². The molecule has 1 heterocycles. The van der Waals surface area contributed by atoms with Crippen molar-refractivity contribution in [3.8, 4) is 0 Å². The van der Waals surface area contributed by atoms with Crippen molar-refractivity contribution >= 4 is 0 Å². The fourth-order valence-electron chi connectivity index (χ4n) is 3.65. The zero-order valence-corrected chi connectivity index (χ0v) is 13.0. The van der Waals surface area contributed by atoms with Gasteiger partial charge in [0.25, 0.3) is 0 Å². The highest BCUT2D eigenvalue weighted by atomic mass is 16.5. The average Bonchev–Trinajstić information content (AvgIpc) is 2.56. The summed E-state index contributed by atoms with van der Waals surface area (Å²) in [5.74, 6) is 0. The van der Waals surface area contributed by atoms with E-state index in [4.69, 9.17) is 4.74 Å². The third-order valence-electron chi connectivity index (χ3n) is 5.06. The van der Waals surface area contributed by atoms with E-state index in [9.17, 15) is 0 Å². The molecule has 1 nitrogen and oxygen atoms in total. The van der Waals surface area contributed by atoms with Crippen LogP contribution in [0, 0.1) is 0 Å².